The number of ether oxygens (including phenoxy) is 1. The number of hydrogen-bond donors (Lipinski definition) is 0. The highest BCUT2D eigenvalue weighted by molar-refractivity contribution is 7.89. The molecule has 1 saturated heterocycles. The van der Waals surface area contributed by atoms with E-state index in [9.17, 15) is 18.0 Å². The van der Waals surface area contributed by atoms with Crippen molar-refractivity contribution < 1.29 is 17.9 Å². The van der Waals surface area contributed by atoms with Gasteiger partial charge in [-0.1, -0.05) is 42.0 Å². The normalized spacial score (nSPS) is 14.8. The minimum Gasteiger partial charge on any atom is -0.379 e. The van der Waals surface area contributed by atoms with E-state index in [1.165, 1.54) is 39.9 Å². The zero-order chi connectivity index (χ0) is 25.4. The Morgan fingerprint density at radius 2 is 1.81 bits per heavy atom. The van der Waals surface area contributed by atoms with Gasteiger partial charge in [-0.25, -0.2) is 18.1 Å². The number of rotatable bonds is 6. The van der Waals surface area contributed by atoms with Gasteiger partial charge in [-0.2, -0.15) is 9.40 Å². The number of carbonyl (C=O) groups is 1. The third-order valence-corrected chi connectivity index (χ3v) is 8.86. The summed E-state index contributed by atoms with van der Waals surface area (Å²) >= 11 is 1.38. The zero-order valence-corrected chi connectivity index (χ0v) is 21.4. The first kappa shape index (κ1) is 24.4. The monoisotopic (exact) mass is 524 g/mol. The lowest BCUT2D eigenvalue weighted by molar-refractivity contribution is 0.0730. The van der Waals surface area contributed by atoms with Gasteiger partial charge in [0.2, 0.25) is 10.0 Å². The highest BCUT2D eigenvalue weighted by Gasteiger charge is 2.27. The van der Waals surface area contributed by atoms with Crippen LogP contribution in [0.2, 0.25) is 0 Å². The van der Waals surface area contributed by atoms with Crippen LogP contribution in [0.5, 0.6) is 0 Å². The molecule has 186 valence electrons. The summed E-state index contributed by atoms with van der Waals surface area (Å²) < 4.78 is 34.4. The molecule has 0 aliphatic carbocycles. The van der Waals surface area contributed by atoms with E-state index in [1.54, 1.807) is 0 Å². The fourth-order valence-corrected chi connectivity index (χ4v) is 6.44. The number of morpholine rings is 1. The summed E-state index contributed by atoms with van der Waals surface area (Å²) in [6.07, 6.45) is 0. The highest BCUT2D eigenvalue weighted by atomic mass is 32.2. The number of aryl methyl sites for hydroxylation is 2. The molecule has 1 fully saturated rings. The molecular formula is C25H24N4O5S2. The Kier molecular flexibility index (Phi) is 6.56. The Morgan fingerprint density at radius 3 is 2.53 bits per heavy atom. The molecule has 0 unspecified atom stereocenters. The number of nitrogens with zero attached hydrogens (tertiary/aromatic N) is 4. The summed E-state index contributed by atoms with van der Waals surface area (Å²) in [5.41, 5.74) is 2.46. The van der Waals surface area contributed by atoms with Crippen LogP contribution in [0.3, 0.4) is 0 Å². The molecule has 0 radical (unpaired) electrons. The molecule has 9 nitrogen and oxygen atoms in total. The fourth-order valence-electron chi connectivity index (χ4n) is 4.07. The molecule has 0 saturated carbocycles. The molecule has 4 aromatic rings. The van der Waals surface area contributed by atoms with E-state index in [2.05, 4.69) is 10.1 Å². The summed E-state index contributed by atoms with van der Waals surface area (Å²) in [7, 11) is -3.76. The Labute approximate surface area is 212 Å². The fraction of sp³-hybridized carbons (Fsp3) is 0.280. The molecule has 0 spiro atoms. The predicted octanol–water partition coefficient (Wildman–Crippen LogP) is 3.04. The minimum absolute atomic E-state index is 0.0291. The van der Waals surface area contributed by atoms with Gasteiger partial charge in [0, 0.05) is 24.2 Å². The van der Waals surface area contributed by atoms with Gasteiger partial charge in [-0.3, -0.25) is 9.59 Å². The number of ketones is 1. The zero-order valence-electron chi connectivity index (χ0n) is 19.8. The summed E-state index contributed by atoms with van der Waals surface area (Å²) in [5.74, 6) is -0.426. The molecule has 0 bridgehead atoms. The van der Waals surface area contributed by atoms with Crippen LogP contribution < -0.4 is 5.56 Å². The van der Waals surface area contributed by atoms with E-state index in [1.807, 2.05) is 38.1 Å². The van der Waals surface area contributed by atoms with Gasteiger partial charge in [-0.05, 0) is 26.0 Å². The number of carbonyl (C=O) groups excluding carboxylic acids is 1. The first-order valence-electron chi connectivity index (χ1n) is 11.4. The lowest BCUT2D eigenvalue weighted by Gasteiger charge is -2.26. The second-order valence-electron chi connectivity index (χ2n) is 8.56. The molecule has 1 aliphatic heterocycles. The number of thiazole rings is 1. The van der Waals surface area contributed by atoms with E-state index in [0.717, 1.165) is 20.8 Å². The van der Waals surface area contributed by atoms with Crippen molar-refractivity contribution >= 4 is 37.4 Å². The molecule has 5 rings (SSSR count). The maximum Gasteiger partial charge on any atom is 0.294 e. The van der Waals surface area contributed by atoms with Gasteiger partial charge in [0.25, 0.3) is 5.56 Å². The molecule has 2 aromatic heterocycles. The summed E-state index contributed by atoms with van der Waals surface area (Å²) in [6.45, 7) is 4.63. The number of benzene rings is 2. The van der Waals surface area contributed by atoms with Gasteiger partial charge >= 0.3 is 0 Å². The van der Waals surface area contributed by atoms with Crippen molar-refractivity contribution in [2.75, 3.05) is 26.3 Å². The second-order valence-corrected chi connectivity index (χ2v) is 11.7. The Morgan fingerprint density at radius 1 is 1.08 bits per heavy atom. The largest absolute Gasteiger partial charge is 0.379 e. The van der Waals surface area contributed by atoms with Crippen LogP contribution in [0, 0.1) is 13.8 Å². The van der Waals surface area contributed by atoms with Crippen molar-refractivity contribution in [1.82, 2.24) is 19.1 Å². The van der Waals surface area contributed by atoms with Crippen LogP contribution in [0.4, 0.5) is 0 Å². The first-order valence-corrected chi connectivity index (χ1v) is 13.7. The third kappa shape index (κ3) is 4.62. The summed E-state index contributed by atoms with van der Waals surface area (Å²) in [5, 5.41) is 5.26. The number of hydrogen-bond acceptors (Lipinski definition) is 8. The maximum atomic E-state index is 13.2. The number of sulfonamides is 1. The van der Waals surface area contributed by atoms with Crippen LogP contribution in [0.15, 0.2) is 58.2 Å². The van der Waals surface area contributed by atoms with Gasteiger partial charge in [0.1, 0.15) is 12.2 Å². The van der Waals surface area contributed by atoms with Crippen LogP contribution in [0.25, 0.3) is 21.5 Å². The van der Waals surface area contributed by atoms with Crippen LogP contribution in [-0.2, 0) is 21.3 Å². The molecule has 11 heteroatoms. The Bertz CT molecular complexity index is 1620. The second kappa shape index (κ2) is 9.66. The quantitative estimate of drug-likeness (QED) is 0.357. The van der Waals surface area contributed by atoms with Crippen molar-refractivity contribution in [3.05, 3.63) is 75.0 Å². The van der Waals surface area contributed by atoms with Gasteiger partial charge in [0.15, 0.2) is 11.3 Å². The standard InChI is InChI=1S/C25H24N4O5S2/c1-16-6-8-18(9-7-16)22-24-23(26-17(2)35-24)25(31)29(27-22)15-21(30)19-4-3-5-20(14-19)36(32,33)28-10-12-34-13-11-28/h3-9,14H,10-13,15H2,1-2H3. The van der Waals surface area contributed by atoms with Crippen molar-refractivity contribution in [3.63, 3.8) is 0 Å². The number of Topliss-reactive ketones (excluding diaryl/α,β-unsaturated/α-hetero) is 1. The van der Waals surface area contributed by atoms with E-state index in [0.29, 0.717) is 23.6 Å². The van der Waals surface area contributed by atoms with Gasteiger partial charge in [-0.15, -0.1) is 11.3 Å². The number of aromatic nitrogens is 3. The van der Waals surface area contributed by atoms with Crippen LogP contribution in [-0.4, -0.2) is 59.6 Å². The average Bonchev–Trinajstić information content (AvgIpc) is 3.29. The SMILES string of the molecule is Cc1ccc(-c2nn(CC(=O)c3cccc(S(=O)(=O)N4CCOCC4)c3)c(=O)c3nc(C)sc23)cc1. The molecule has 2 aromatic carbocycles. The van der Waals surface area contributed by atoms with Crippen molar-refractivity contribution in [2.24, 2.45) is 0 Å². The van der Waals surface area contributed by atoms with Crippen molar-refractivity contribution in [3.8, 4) is 11.3 Å². The molecular weight excluding hydrogens is 500 g/mol. The van der Waals surface area contributed by atoms with Crippen LogP contribution in [0.1, 0.15) is 20.9 Å². The average molecular weight is 525 g/mol. The minimum atomic E-state index is -3.76. The highest BCUT2D eigenvalue weighted by Crippen LogP contribution is 2.29. The van der Waals surface area contributed by atoms with Gasteiger partial charge < -0.3 is 4.74 Å². The third-order valence-electron chi connectivity index (χ3n) is 5.99. The van der Waals surface area contributed by atoms with E-state index in [4.69, 9.17) is 4.74 Å². The summed E-state index contributed by atoms with van der Waals surface area (Å²) in [6, 6.07) is 13.6. The molecule has 3 heterocycles. The molecule has 36 heavy (non-hydrogen) atoms. The predicted molar refractivity (Wildman–Crippen MR) is 137 cm³/mol. The van der Waals surface area contributed by atoms with E-state index < -0.39 is 21.4 Å². The maximum absolute atomic E-state index is 13.2. The molecule has 1 aliphatic rings. The van der Waals surface area contributed by atoms with E-state index >= 15 is 0 Å². The van der Waals surface area contributed by atoms with E-state index in [-0.39, 0.29) is 35.6 Å². The smallest absolute Gasteiger partial charge is 0.294 e. The Hall–Kier alpha value is -3.25. The first-order chi connectivity index (χ1) is 17.2. The van der Waals surface area contributed by atoms with Crippen molar-refractivity contribution in [1.29, 1.82) is 0 Å². The summed E-state index contributed by atoms with van der Waals surface area (Å²) in [4.78, 5) is 30.8. The molecule has 0 amide bonds. The van der Waals surface area contributed by atoms with Gasteiger partial charge in [0.05, 0.1) is 27.8 Å². The lowest BCUT2D eigenvalue weighted by Crippen LogP contribution is -2.40. The van der Waals surface area contributed by atoms with Crippen molar-refractivity contribution in [2.45, 2.75) is 25.3 Å². The van der Waals surface area contributed by atoms with Crippen LogP contribution >= 0.6 is 11.3 Å². The molecule has 0 N–H and O–H groups in total. The topological polar surface area (TPSA) is 111 Å². The Balaban J connectivity index is 1.51. The lowest BCUT2D eigenvalue weighted by atomic mass is 10.1. The molecule has 0 atom stereocenters. The number of fused-ring (bicyclic) bond motifs is 1.